The molecule has 0 unspecified atom stereocenters. The first-order chi connectivity index (χ1) is 9.71. The average Bonchev–Trinajstić information content (AvgIpc) is 2.79. The molecule has 2 aromatic rings. The molecular formula is C13H14BrClN2O2S2. The molecule has 0 radical (unpaired) electrons. The second-order valence-corrected chi connectivity index (χ2v) is 8.97. The average molecular weight is 410 g/mol. The quantitative estimate of drug-likeness (QED) is 0.780. The molecule has 0 bridgehead atoms. The van der Waals surface area contributed by atoms with Gasteiger partial charge in [-0.15, -0.1) is 11.3 Å². The lowest BCUT2D eigenvalue weighted by atomic mass is 10.2. The number of nitrogens with zero attached hydrogens (tertiary/aromatic N) is 1. The molecule has 0 atom stereocenters. The van der Waals surface area contributed by atoms with E-state index in [-0.39, 0.29) is 4.90 Å². The molecule has 8 heteroatoms. The molecule has 2 rings (SSSR count). The summed E-state index contributed by atoms with van der Waals surface area (Å²) in [6, 6.07) is 4.88. The van der Waals surface area contributed by atoms with Crippen LogP contribution in [0.4, 0.5) is 5.69 Å². The van der Waals surface area contributed by atoms with E-state index in [0.29, 0.717) is 22.8 Å². The number of nitrogen functional groups attached to an aromatic ring is 1. The van der Waals surface area contributed by atoms with Crippen molar-refractivity contribution in [2.45, 2.75) is 18.4 Å². The highest BCUT2D eigenvalue weighted by Gasteiger charge is 2.24. The number of sulfonamides is 1. The Morgan fingerprint density at radius 2 is 2.05 bits per heavy atom. The molecule has 4 nitrogen and oxygen atoms in total. The Bertz CT molecular complexity index is 774. The Labute approximate surface area is 141 Å². The Balaban J connectivity index is 2.37. The molecule has 1 aromatic carbocycles. The lowest BCUT2D eigenvalue weighted by Gasteiger charge is -2.18. The van der Waals surface area contributed by atoms with Gasteiger partial charge in [-0.3, -0.25) is 0 Å². The molecule has 1 aromatic heterocycles. The smallest absolute Gasteiger partial charge is 0.243 e. The number of nitrogens with two attached hydrogens (primary N) is 1. The van der Waals surface area contributed by atoms with E-state index in [2.05, 4.69) is 15.9 Å². The highest BCUT2D eigenvalue weighted by atomic mass is 79.9. The van der Waals surface area contributed by atoms with Crippen LogP contribution in [0.25, 0.3) is 0 Å². The Morgan fingerprint density at radius 1 is 1.38 bits per heavy atom. The van der Waals surface area contributed by atoms with Crippen molar-refractivity contribution >= 4 is 54.6 Å². The van der Waals surface area contributed by atoms with Crippen LogP contribution in [0.5, 0.6) is 0 Å². The molecule has 0 fully saturated rings. The van der Waals surface area contributed by atoms with Crippen molar-refractivity contribution in [1.82, 2.24) is 4.31 Å². The molecule has 2 N–H and O–H groups in total. The summed E-state index contributed by atoms with van der Waals surface area (Å²) in [5.41, 5.74) is 6.68. The number of anilines is 1. The molecule has 0 saturated carbocycles. The van der Waals surface area contributed by atoms with E-state index in [1.165, 1.54) is 21.7 Å². The van der Waals surface area contributed by atoms with Crippen LogP contribution in [-0.2, 0) is 16.6 Å². The van der Waals surface area contributed by atoms with Crippen molar-refractivity contribution in [3.05, 3.63) is 43.5 Å². The fourth-order valence-electron chi connectivity index (χ4n) is 1.85. The summed E-state index contributed by atoms with van der Waals surface area (Å²) >= 11 is 10.8. The normalized spacial score (nSPS) is 12.0. The van der Waals surface area contributed by atoms with Gasteiger partial charge in [0, 0.05) is 39.0 Å². The fraction of sp³-hybridized carbons (Fsp3) is 0.231. The molecule has 1 heterocycles. The first kappa shape index (κ1) is 16.8. The van der Waals surface area contributed by atoms with Crippen LogP contribution in [0.1, 0.15) is 10.4 Å². The minimum absolute atomic E-state index is 0.144. The SMILES string of the molecule is Cc1c(N)cc(Cl)cc1S(=O)(=O)N(C)Cc1cc(Br)cs1. The van der Waals surface area contributed by atoms with Crippen LogP contribution in [0.15, 0.2) is 32.9 Å². The van der Waals surface area contributed by atoms with Crippen molar-refractivity contribution in [2.24, 2.45) is 0 Å². The van der Waals surface area contributed by atoms with Gasteiger partial charge in [-0.2, -0.15) is 4.31 Å². The van der Waals surface area contributed by atoms with Crippen LogP contribution in [0.3, 0.4) is 0 Å². The van der Waals surface area contributed by atoms with Crippen molar-refractivity contribution in [3.8, 4) is 0 Å². The molecular weight excluding hydrogens is 396 g/mol. The first-order valence-electron chi connectivity index (χ1n) is 5.96. The van der Waals surface area contributed by atoms with Crippen LogP contribution in [0, 0.1) is 6.92 Å². The molecule has 0 aliphatic heterocycles. The van der Waals surface area contributed by atoms with E-state index < -0.39 is 10.0 Å². The second-order valence-electron chi connectivity index (χ2n) is 4.61. The summed E-state index contributed by atoms with van der Waals surface area (Å²) < 4.78 is 27.6. The summed E-state index contributed by atoms with van der Waals surface area (Å²) in [7, 11) is -2.10. The van der Waals surface area contributed by atoms with Gasteiger partial charge in [0.05, 0.1) is 4.90 Å². The lowest BCUT2D eigenvalue weighted by Crippen LogP contribution is -2.27. The zero-order valence-corrected chi connectivity index (χ0v) is 15.4. The van der Waals surface area contributed by atoms with Gasteiger partial charge in [-0.1, -0.05) is 11.6 Å². The van der Waals surface area contributed by atoms with Crippen molar-refractivity contribution in [2.75, 3.05) is 12.8 Å². The summed E-state index contributed by atoms with van der Waals surface area (Å²) in [4.78, 5) is 1.09. The number of rotatable bonds is 4. The standard InChI is InChI=1S/C13H14BrClN2O2S2/c1-8-12(16)4-10(15)5-13(8)21(18,19)17(2)6-11-3-9(14)7-20-11/h3-5,7H,6,16H2,1-2H3. The zero-order valence-electron chi connectivity index (χ0n) is 11.4. The molecule has 114 valence electrons. The van der Waals surface area contributed by atoms with Gasteiger partial charge in [-0.25, -0.2) is 8.42 Å². The third-order valence-electron chi connectivity index (χ3n) is 3.05. The third-order valence-corrected chi connectivity index (χ3v) is 6.88. The van der Waals surface area contributed by atoms with Crippen LogP contribution < -0.4 is 5.73 Å². The number of hydrogen-bond acceptors (Lipinski definition) is 4. The maximum atomic E-state index is 12.7. The van der Waals surface area contributed by atoms with E-state index in [9.17, 15) is 8.42 Å². The Morgan fingerprint density at radius 3 is 2.62 bits per heavy atom. The van der Waals surface area contributed by atoms with Gasteiger partial charge >= 0.3 is 0 Å². The van der Waals surface area contributed by atoms with Gasteiger partial charge < -0.3 is 5.73 Å². The van der Waals surface area contributed by atoms with Crippen molar-refractivity contribution < 1.29 is 8.42 Å². The molecule has 0 amide bonds. The highest BCUT2D eigenvalue weighted by molar-refractivity contribution is 9.10. The van der Waals surface area contributed by atoms with Gasteiger partial charge in [-0.05, 0) is 46.6 Å². The summed E-state index contributed by atoms with van der Waals surface area (Å²) in [6.45, 7) is 1.97. The maximum absolute atomic E-state index is 12.7. The fourth-order valence-corrected chi connectivity index (χ4v) is 5.15. The monoisotopic (exact) mass is 408 g/mol. The topological polar surface area (TPSA) is 63.4 Å². The van der Waals surface area contributed by atoms with Crippen molar-refractivity contribution in [3.63, 3.8) is 0 Å². The molecule has 21 heavy (non-hydrogen) atoms. The Hall–Kier alpha value is -0.600. The summed E-state index contributed by atoms with van der Waals surface area (Å²) in [5.74, 6) is 0. The van der Waals surface area contributed by atoms with E-state index in [4.69, 9.17) is 17.3 Å². The Kier molecular flexibility index (Phi) is 4.99. The van der Waals surface area contributed by atoms with Gasteiger partial charge in [0.2, 0.25) is 10.0 Å². The van der Waals surface area contributed by atoms with Gasteiger partial charge in [0.15, 0.2) is 0 Å². The number of benzene rings is 1. The van der Waals surface area contributed by atoms with E-state index in [0.717, 1.165) is 9.35 Å². The summed E-state index contributed by atoms with van der Waals surface area (Å²) in [6.07, 6.45) is 0. The molecule has 0 aliphatic carbocycles. The zero-order chi connectivity index (χ0) is 15.8. The van der Waals surface area contributed by atoms with Gasteiger partial charge in [0.25, 0.3) is 0 Å². The second kappa shape index (κ2) is 6.26. The number of hydrogen-bond donors (Lipinski definition) is 1. The third kappa shape index (κ3) is 3.60. The van der Waals surface area contributed by atoms with E-state index in [1.807, 2.05) is 11.4 Å². The minimum atomic E-state index is -3.64. The first-order valence-corrected chi connectivity index (χ1v) is 9.45. The highest BCUT2D eigenvalue weighted by Crippen LogP contribution is 2.29. The van der Waals surface area contributed by atoms with Crippen LogP contribution in [-0.4, -0.2) is 19.8 Å². The van der Waals surface area contributed by atoms with E-state index in [1.54, 1.807) is 20.0 Å². The largest absolute Gasteiger partial charge is 0.398 e. The maximum Gasteiger partial charge on any atom is 0.243 e. The van der Waals surface area contributed by atoms with Crippen LogP contribution in [0.2, 0.25) is 5.02 Å². The van der Waals surface area contributed by atoms with Crippen LogP contribution >= 0.6 is 38.9 Å². The summed E-state index contributed by atoms with van der Waals surface area (Å²) in [5, 5.41) is 2.22. The predicted molar refractivity (Wildman–Crippen MR) is 91.3 cm³/mol. The lowest BCUT2D eigenvalue weighted by molar-refractivity contribution is 0.469. The molecule has 0 saturated heterocycles. The van der Waals surface area contributed by atoms with E-state index >= 15 is 0 Å². The van der Waals surface area contributed by atoms with Crippen molar-refractivity contribution in [1.29, 1.82) is 0 Å². The number of thiophene rings is 1. The predicted octanol–water partition coefficient (Wildman–Crippen LogP) is 3.88. The van der Waals surface area contributed by atoms with Gasteiger partial charge in [0.1, 0.15) is 0 Å². The minimum Gasteiger partial charge on any atom is -0.398 e. The number of halogens is 2. The molecule has 0 spiro atoms. The molecule has 0 aliphatic rings.